The summed E-state index contributed by atoms with van der Waals surface area (Å²) in [6.07, 6.45) is -4.48. The van der Waals surface area contributed by atoms with E-state index < -0.39 is 23.6 Å². The van der Waals surface area contributed by atoms with Gasteiger partial charge in [0.05, 0.1) is 22.4 Å². The minimum Gasteiger partial charge on any atom is -0.268 e. The zero-order chi connectivity index (χ0) is 20.1. The molecule has 0 spiro atoms. The number of hydrogen-bond acceptors (Lipinski definition) is 2. The van der Waals surface area contributed by atoms with Gasteiger partial charge in [0, 0.05) is 0 Å². The van der Waals surface area contributed by atoms with Gasteiger partial charge in [-0.15, -0.1) is 0 Å². The van der Waals surface area contributed by atoms with Crippen LogP contribution in [0.2, 0.25) is 0 Å². The molecule has 0 fully saturated rings. The van der Waals surface area contributed by atoms with E-state index in [1.54, 1.807) is 18.2 Å². The van der Waals surface area contributed by atoms with E-state index in [0.29, 0.717) is 0 Å². The molecule has 1 heterocycles. The Balaban J connectivity index is 1.70. The van der Waals surface area contributed by atoms with Crippen LogP contribution in [0.1, 0.15) is 31.8 Å². The number of amides is 2. The minimum atomic E-state index is -4.48. The number of benzene rings is 3. The number of halogens is 3. The van der Waals surface area contributed by atoms with Gasteiger partial charge >= 0.3 is 6.18 Å². The first kappa shape index (κ1) is 18.0. The summed E-state index contributed by atoms with van der Waals surface area (Å²) in [6, 6.07) is 16.7. The molecule has 6 heteroatoms. The Morgan fingerprint density at radius 3 is 1.89 bits per heavy atom. The van der Waals surface area contributed by atoms with E-state index in [4.69, 9.17) is 0 Å². The maximum absolute atomic E-state index is 12.8. The molecule has 1 aliphatic rings. The van der Waals surface area contributed by atoms with E-state index in [-0.39, 0.29) is 16.8 Å². The lowest BCUT2D eigenvalue weighted by molar-refractivity contribution is -0.137. The van der Waals surface area contributed by atoms with Crippen molar-refractivity contribution in [1.82, 2.24) is 0 Å². The topological polar surface area (TPSA) is 37.4 Å². The largest absolute Gasteiger partial charge is 0.416 e. The molecule has 3 aromatic carbocycles. The fourth-order valence-corrected chi connectivity index (χ4v) is 3.20. The number of fused-ring (bicyclic) bond motifs is 1. The number of carbonyl (C=O) groups is 2. The second-order valence-electron chi connectivity index (χ2n) is 6.62. The highest BCUT2D eigenvalue weighted by Crippen LogP contribution is 2.34. The van der Waals surface area contributed by atoms with Crippen LogP contribution in [-0.4, -0.2) is 11.8 Å². The van der Waals surface area contributed by atoms with E-state index in [2.05, 4.69) is 0 Å². The van der Waals surface area contributed by atoms with Crippen molar-refractivity contribution in [3.05, 3.63) is 89.0 Å². The molecular weight excluding hydrogens is 367 g/mol. The fourth-order valence-electron chi connectivity index (χ4n) is 3.20. The molecule has 0 aromatic heterocycles. The van der Waals surface area contributed by atoms with E-state index in [0.717, 1.165) is 45.9 Å². The van der Waals surface area contributed by atoms with E-state index in [1.165, 1.54) is 0 Å². The molecule has 0 N–H and O–H groups in total. The van der Waals surface area contributed by atoms with Gasteiger partial charge in [-0.05, 0) is 54.4 Å². The summed E-state index contributed by atoms with van der Waals surface area (Å²) in [5.74, 6) is -1.09. The summed E-state index contributed by atoms with van der Waals surface area (Å²) >= 11 is 0. The molecule has 28 heavy (non-hydrogen) atoms. The quantitative estimate of drug-likeness (QED) is 0.551. The molecule has 0 saturated heterocycles. The lowest BCUT2D eigenvalue weighted by Gasteiger charge is -2.15. The number of nitrogens with zero attached hydrogens (tertiary/aromatic N) is 1. The van der Waals surface area contributed by atoms with Gasteiger partial charge in [-0.1, -0.05) is 35.9 Å². The van der Waals surface area contributed by atoms with Crippen molar-refractivity contribution in [3.63, 3.8) is 0 Å². The van der Waals surface area contributed by atoms with Crippen LogP contribution in [0.3, 0.4) is 0 Å². The highest BCUT2D eigenvalue weighted by molar-refractivity contribution is 6.34. The normalized spacial score (nSPS) is 13.8. The number of aryl methyl sites for hydroxylation is 1. The van der Waals surface area contributed by atoms with Gasteiger partial charge in [0.15, 0.2) is 0 Å². The lowest BCUT2D eigenvalue weighted by atomic mass is 9.99. The van der Waals surface area contributed by atoms with Crippen LogP contribution in [0.15, 0.2) is 66.7 Å². The Hall–Kier alpha value is -3.41. The highest BCUT2D eigenvalue weighted by Gasteiger charge is 2.37. The van der Waals surface area contributed by atoms with Crippen molar-refractivity contribution in [2.45, 2.75) is 13.1 Å². The lowest BCUT2D eigenvalue weighted by Crippen LogP contribution is -2.29. The van der Waals surface area contributed by atoms with Gasteiger partial charge in [-0.3, -0.25) is 9.59 Å². The van der Waals surface area contributed by atoms with Gasteiger partial charge in [0.1, 0.15) is 0 Å². The Kier molecular flexibility index (Phi) is 4.07. The van der Waals surface area contributed by atoms with E-state index in [1.807, 2.05) is 31.2 Å². The van der Waals surface area contributed by atoms with Crippen LogP contribution >= 0.6 is 0 Å². The second kappa shape index (κ2) is 6.34. The molecule has 3 nitrogen and oxygen atoms in total. The molecule has 0 bridgehead atoms. The van der Waals surface area contributed by atoms with Crippen molar-refractivity contribution in [2.24, 2.45) is 0 Å². The van der Waals surface area contributed by atoms with Crippen molar-refractivity contribution in [3.8, 4) is 11.1 Å². The zero-order valence-corrected chi connectivity index (χ0v) is 14.7. The Labute approximate surface area is 159 Å². The van der Waals surface area contributed by atoms with Gasteiger partial charge in [-0.2, -0.15) is 13.2 Å². The third kappa shape index (κ3) is 2.97. The molecule has 0 radical (unpaired) electrons. The molecule has 140 valence electrons. The van der Waals surface area contributed by atoms with Crippen molar-refractivity contribution < 1.29 is 22.8 Å². The molecule has 0 saturated carbocycles. The Morgan fingerprint density at radius 1 is 0.714 bits per heavy atom. The van der Waals surface area contributed by atoms with Gasteiger partial charge < -0.3 is 0 Å². The summed E-state index contributed by atoms with van der Waals surface area (Å²) in [4.78, 5) is 26.4. The number of alkyl halides is 3. The summed E-state index contributed by atoms with van der Waals surface area (Å²) in [5.41, 5.74) is 2.54. The molecule has 2 amide bonds. The van der Waals surface area contributed by atoms with Gasteiger partial charge in [0.2, 0.25) is 0 Å². The smallest absolute Gasteiger partial charge is 0.268 e. The average molecular weight is 381 g/mol. The maximum Gasteiger partial charge on any atom is 0.416 e. The molecule has 1 aliphatic heterocycles. The SMILES string of the molecule is Cc1ccc(-c2ccc3c(c2)C(=O)N(c2ccc(C(F)(F)F)cc2)C3=O)cc1. The van der Waals surface area contributed by atoms with Crippen LogP contribution in [0, 0.1) is 6.92 Å². The third-order valence-electron chi connectivity index (χ3n) is 4.72. The average Bonchev–Trinajstić information content (AvgIpc) is 2.92. The number of imide groups is 1. The monoisotopic (exact) mass is 381 g/mol. The first-order valence-corrected chi connectivity index (χ1v) is 8.53. The molecule has 0 unspecified atom stereocenters. The van der Waals surface area contributed by atoms with Crippen LogP contribution in [0.4, 0.5) is 18.9 Å². The maximum atomic E-state index is 12.8. The fraction of sp³-hybridized carbons (Fsp3) is 0.0909. The predicted octanol–water partition coefficient (Wildman–Crippen LogP) is 5.48. The van der Waals surface area contributed by atoms with Gasteiger partial charge in [-0.25, -0.2) is 4.90 Å². The summed E-state index contributed by atoms with van der Waals surface area (Å²) in [5, 5.41) is 0. The first-order valence-electron chi connectivity index (χ1n) is 8.53. The standard InChI is InChI=1S/C22H14F3NO2/c1-13-2-4-14(5-3-13)15-6-11-18-19(12-15)21(28)26(20(18)27)17-9-7-16(8-10-17)22(23,24)25/h2-12H,1H3. The summed E-state index contributed by atoms with van der Waals surface area (Å²) in [6.45, 7) is 1.97. The van der Waals surface area contributed by atoms with Crippen LogP contribution in [0.25, 0.3) is 11.1 Å². The number of carbonyl (C=O) groups excluding carboxylic acids is 2. The molecule has 0 atom stereocenters. The zero-order valence-electron chi connectivity index (χ0n) is 14.7. The second-order valence-corrected chi connectivity index (χ2v) is 6.62. The van der Waals surface area contributed by atoms with Crippen molar-refractivity contribution in [2.75, 3.05) is 4.90 Å². The molecule has 0 aliphatic carbocycles. The van der Waals surface area contributed by atoms with E-state index in [9.17, 15) is 22.8 Å². The molecule has 3 aromatic rings. The molecule has 4 rings (SSSR count). The van der Waals surface area contributed by atoms with Crippen LogP contribution in [0.5, 0.6) is 0 Å². The first-order chi connectivity index (χ1) is 13.3. The van der Waals surface area contributed by atoms with Crippen LogP contribution < -0.4 is 4.90 Å². The number of rotatable bonds is 2. The highest BCUT2D eigenvalue weighted by atomic mass is 19.4. The summed E-state index contributed by atoms with van der Waals surface area (Å²) < 4.78 is 38.2. The van der Waals surface area contributed by atoms with Crippen molar-refractivity contribution in [1.29, 1.82) is 0 Å². The Bertz CT molecular complexity index is 1080. The van der Waals surface area contributed by atoms with Crippen molar-refractivity contribution >= 4 is 17.5 Å². The molecular formula is C22H14F3NO2. The van der Waals surface area contributed by atoms with Crippen LogP contribution in [-0.2, 0) is 6.18 Å². The predicted molar refractivity (Wildman–Crippen MR) is 99.2 cm³/mol. The third-order valence-corrected chi connectivity index (χ3v) is 4.72. The van der Waals surface area contributed by atoms with E-state index >= 15 is 0 Å². The van der Waals surface area contributed by atoms with Gasteiger partial charge in [0.25, 0.3) is 11.8 Å². The summed E-state index contributed by atoms with van der Waals surface area (Å²) in [7, 11) is 0. The minimum absolute atomic E-state index is 0.107. The number of hydrogen-bond donors (Lipinski definition) is 0. The number of anilines is 1. The Morgan fingerprint density at radius 2 is 1.29 bits per heavy atom.